The number of carbonyl (C=O) groups is 2. The van der Waals surface area contributed by atoms with E-state index in [2.05, 4.69) is 13.8 Å². The molecule has 4 fully saturated rings. The Bertz CT molecular complexity index is 767. The van der Waals surface area contributed by atoms with Crippen LogP contribution in [0.25, 0.3) is 0 Å². The molecule has 8 atom stereocenters. The van der Waals surface area contributed by atoms with Gasteiger partial charge in [0.05, 0.1) is 61.7 Å². The van der Waals surface area contributed by atoms with E-state index in [0.29, 0.717) is 50.5 Å². The van der Waals surface area contributed by atoms with E-state index in [-0.39, 0.29) is 24.1 Å². The molecule has 3 heterocycles. The topological polar surface area (TPSA) is 90.2 Å². The number of epoxide rings is 3. The molecular formula is C38H66O7. The summed E-state index contributed by atoms with van der Waals surface area (Å²) in [5.74, 6) is -1.43. The van der Waals surface area contributed by atoms with Gasteiger partial charge in [-0.1, -0.05) is 104 Å². The number of fused-ring (bicyclic) bond motifs is 1. The number of carbonyl (C=O) groups excluding carboxylic acids is 2. The minimum atomic E-state index is -0.452. The first-order valence-electron chi connectivity index (χ1n) is 19.4. The maximum Gasteiger partial charge on any atom is 0.309 e. The van der Waals surface area contributed by atoms with Crippen LogP contribution in [0, 0.1) is 11.8 Å². The Morgan fingerprint density at radius 3 is 1.18 bits per heavy atom. The van der Waals surface area contributed by atoms with Crippen LogP contribution in [-0.4, -0.2) is 61.8 Å². The third kappa shape index (κ3) is 14.2. The minimum absolute atomic E-state index is 0.0967. The van der Waals surface area contributed by atoms with Crippen molar-refractivity contribution in [3.8, 4) is 0 Å². The number of rotatable bonds is 28. The van der Waals surface area contributed by atoms with Crippen molar-refractivity contribution in [1.29, 1.82) is 0 Å². The molecule has 0 spiro atoms. The summed E-state index contributed by atoms with van der Waals surface area (Å²) in [5.41, 5.74) is 0. The molecule has 3 saturated heterocycles. The quantitative estimate of drug-likeness (QED) is 0.0482. The fraction of sp³-hybridized carbons (Fsp3) is 0.947. The van der Waals surface area contributed by atoms with Gasteiger partial charge in [0, 0.05) is 0 Å². The number of unbranched alkanes of at least 4 members (excludes halogenated alkanes) is 14. The summed E-state index contributed by atoms with van der Waals surface area (Å²) in [5, 5.41) is 0. The van der Waals surface area contributed by atoms with Gasteiger partial charge < -0.3 is 23.7 Å². The zero-order chi connectivity index (χ0) is 31.7. The molecule has 45 heavy (non-hydrogen) atoms. The van der Waals surface area contributed by atoms with Gasteiger partial charge in [0.25, 0.3) is 0 Å². The first-order valence-corrected chi connectivity index (χ1v) is 19.4. The van der Waals surface area contributed by atoms with Crippen LogP contribution in [0.1, 0.15) is 168 Å². The molecule has 0 amide bonds. The number of hydrogen-bond acceptors (Lipinski definition) is 7. The van der Waals surface area contributed by atoms with Crippen LogP contribution in [-0.2, 0) is 33.3 Å². The second-order valence-corrected chi connectivity index (χ2v) is 14.5. The third-order valence-corrected chi connectivity index (χ3v) is 10.6. The highest BCUT2D eigenvalue weighted by atomic mass is 16.6. The van der Waals surface area contributed by atoms with E-state index >= 15 is 0 Å². The number of hydrogen-bond donors (Lipinski definition) is 0. The molecule has 4 rings (SSSR count). The summed E-state index contributed by atoms with van der Waals surface area (Å²) >= 11 is 0. The average Bonchev–Trinajstić information content (AvgIpc) is 3.95. The zero-order valence-corrected chi connectivity index (χ0v) is 28.9. The van der Waals surface area contributed by atoms with E-state index in [4.69, 9.17) is 23.7 Å². The summed E-state index contributed by atoms with van der Waals surface area (Å²) in [6.07, 6.45) is 29.9. The van der Waals surface area contributed by atoms with Crippen LogP contribution in [0.4, 0.5) is 0 Å². The SMILES string of the molecule is CCCCCCCCCC1OC1CCCCOC(=O)C1CC2OC2CC1C(=O)OCCCCC1OC1CCCCCCCCC. The molecule has 0 aromatic rings. The van der Waals surface area contributed by atoms with Gasteiger partial charge in [-0.25, -0.2) is 0 Å². The van der Waals surface area contributed by atoms with Crippen molar-refractivity contribution in [3.63, 3.8) is 0 Å². The largest absolute Gasteiger partial charge is 0.465 e. The third-order valence-electron chi connectivity index (χ3n) is 10.6. The maximum absolute atomic E-state index is 13.0. The summed E-state index contributed by atoms with van der Waals surface area (Å²) in [6.45, 7) is 5.34. The van der Waals surface area contributed by atoms with Crippen LogP contribution in [0.15, 0.2) is 0 Å². The monoisotopic (exact) mass is 634 g/mol. The van der Waals surface area contributed by atoms with Gasteiger partial charge in [-0.15, -0.1) is 0 Å². The fourth-order valence-corrected chi connectivity index (χ4v) is 7.38. The molecule has 0 bridgehead atoms. The lowest BCUT2D eigenvalue weighted by molar-refractivity contribution is -0.162. The first kappa shape index (κ1) is 36.7. The van der Waals surface area contributed by atoms with Gasteiger partial charge in [0.15, 0.2) is 0 Å². The van der Waals surface area contributed by atoms with Crippen LogP contribution in [0.3, 0.4) is 0 Å². The van der Waals surface area contributed by atoms with Crippen molar-refractivity contribution in [1.82, 2.24) is 0 Å². The van der Waals surface area contributed by atoms with Crippen LogP contribution < -0.4 is 0 Å². The van der Waals surface area contributed by atoms with Crippen molar-refractivity contribution in [2.24, 2.45) is 11.8 Å². The molecule has 8 unspecified atom stereocenters. The van der Waals surface area contributed by atoms with E-state index in [0.717, 1.165) is 38.5 Å². The molecule has 0 radical (unpaired) electrons. The Morgan fingerprint density at radius 1 is 0.467 bits per heavy atom. The normalized spacial score (nSPS) is 29.6. The lowest BCUT2D eigenvalue weighted by atomic mass is 9.79. The van der Waals surface area contributed by atoms with Gasteiger partial charge >= 0.3 is 11.9 Å². The van der Waals surface area contributed by atoms with Crippen LogP contribution in [0.2, 0.25) is 0 Å². The molecule has 1 aliphatic carbocycles. The molecule has 3 aliphatic heterocycles. The van der Waals surface area contributed by atoms with Crippen molar-refractivity contribution >= 4 is 11.9 Å². The predicted molar refractivity (Wildman–Crippen MR) is 177 cm³/mol. The van der Waals surface area contributed by atoms with Gasteiger partial charge in [0.1, 0.15) is 0 Å². The molecule has 260 valence electrons. The minimum Gasteiger partial charge on any atom is -0.465 e. The molecule has 4 aliphatic rings. The predicted octanol–water partition coefficient (Wildman–Crippen LogP) is 9.02. The lowest BCUT2D eigenvalue weighted by Gasteiger charge is -2.26. The van der Waals surface area contributed by atoms with Crippen molar-refractivity contribution in [3.05, 3.63) is 0 Å². The lowest BCUT2D eigenvalue weighted by Crippen LogP contribution is -2.37. The molecule has 0 aromatic carbocycles. The Kier molecular flexibility index (Phi) is 17.0. The summed E-state index contributed by atoms with van der Waals surface area (Å²) in [7, 11) is 0. The van der Waals surface area contributed by atoms with E-state index < -0.39 is 11.8 Å². The summed E-state index contributed by atoms with van der Waals surface area (Å²) in [4.78, 5) is 26.0. The summed E-state index contributed by atoms with van der Waals surface area (Å²) in [6, 6.07) is 0. The zero-order valence-electron chi connectivity index (χ0n) is 28.9. The molecule has 7 nitrogen and oxygen atoms in total. The average molecular weight is 635 g/mol. The van der Waals surface area contributed by atoms with Crippen LogP contribution in [0.5, 0.6) is 0 Å². The van der Waals surface area contributed by atoms with Gasteiger partial charge in [-0.05, 0) is 64.2 Å². The summed E-state index contributed by atoms with van der Waals surface area (Å²) < 4.78 is 28.7. The first-order chi connectivity index (χ1) is 22.1. The maximum atomic E-state index is 13.0. The second kappa shape index (κ2) is 20.9. The van der Waals surface area contributed by atoms with Gasteiger partial charge in [-0.3, -0.25) is 9.59 Å². The molecule has 0 aromatic heterocycles. The molecule has 7 heteroatoms. The number of ether oxygens (including phenoxy) is 5. The molecular weight excluding hydrogens is 568 g/mol. The van der Waals surface area contributed by atoms with E-state index in [1.807, 2.05) is 0 Å². The Hall–Kier alpha value is -1.18. The highest BCUT2D eigenvalue weighted by Gasteiger charge is 2.53. The highest BCUT2D eigenvalue weighted by molar-refractivity contribution is 5.82. The van der Waals surface area contributed by atoms with Gasteiger partial charge in [-0.2, -0.15) is 0 Å². The molecule has 0 N–H and O–H groups in total. The van der Waals surface area contributed by atoms with Crippen molar-refractivity contribution in [2.45, 2.75) is 205 Å². The molecule has 1 saturated carbocycles. The smallest absolute Gasteiger partial charge is 0.309 e. The number of esters is 2. The standard InChI is InChI=1S/C38H66O7/c1-3-5-7-9-11-13-15-21-31-33(43-31)23-17-19-25-41-37(39)29-27-35-36(45-35)28-30(29)38(40)42-26-20-18-24-34-32(44-34)22-16-14-12-10-8-6-4-2/h29-36H,3-28H2,1-2H3. The Morgan fingerprint density at radius 2 is 0.800 bits per heavy atom. The highest BCUT2D eigenvalue weighted by Crippen LogP contribution is 2.44. The van der Waals surface area contributed by atoms with Crippen molar-refractivity contribution in [2.75, 3.05) is 13.2 Å². The Balaban J connectivity index is 0.983. The van der Waals surface area contributed by atoms with E-state index in [1.54, 1.807) is 0 Å². The Labute approximate surface area is 274 Å². The van der Waals surface area contributed by atoms with E-state index in [1.165, 1.54) is 103 Å². The van der Waals surface area contributed by atoms with E-state index in [9.17, 15) is 9.59 Å². The van der Waals surface area contributed by atoms with Crippen LogP contribution >= 0.6 is 0 Å². The van der Waals surface area contributed by atoms with Crippen molar-refractivity contribution < 1.29 is 33.3 Å². The second-order valence-electron chi connectivity index (χ2n) is 14.5. The van der Waals surface area contributed by atoms with Gasteiger partial charge in [0.2, 0.25) is 0 Å². The fourth-order valence-electron chi connectivity index (χ4n) is 7.38.